The van der Waals surface area contributed by atoms with Crippen molar-refractivity contribution in [1.29, 1.82) is 0 Å². The number of methoxy groups -OCH3 is 1. The highest BCUT2D eigenvalue weighted by atomic mass is 16.5. The molecule has 0 bridgehead atoms. The molecule has 0 spiro atoms. The highest BCUT2D eigenvalue weighted by Gasteiger charge is 2.27. The van der Waals surface area contributed by atoms with Crippen LogP contribution in [0.2, 0.25) is 0 Å². The van der Waals surface area contributed by atoms with Gasteiger partial charge in [-0.2, -0.15) is 0 Å². The summed E-state index contributed by atoms with van der Waals surface area (Å²) in [4.78, 5) is 14.3. The Balaban J connectivity index is 0.000000164. The van der Waals surface area contributed by atoms with E-state index in [1.807, 2.05) is 49.4 Å². The van der Waals surface area contributed by atoms with Crippen molar-refractivity contribution in [2.24, 2.45) is 0 Å². The summed E-state index contributed by atoms with van der Waals surface area (Å²) in [5, 5.41) is 12.0. The molecule has 2 aliphatic rings. The predicted molar refractivity (Wildman–Crippen MR) is 224 cm³/mol. The summed E-state index contributed by atoms with van der Waals surface area (Å²) in [5.74, 6) is 3.14. The van der Waals surface area contributed by atoms with Gasteiger partial charge < -0.3 is 24.4 Å². The largest absolute Gasteiger partial charge is 0.508 e. The van der Waals surface area contributed by atoms with Crippen molar-refractivity contribution in [3.05, 3.63) is 162 Å². The fourth-order valence-corrected chi connectivity index (χ4v) is 8.09. The normalized spacial score (nSPS) is 16.6. The van der Waals surface area contributed by atoms with Crippen molar-refractivity contribution in [2.75, 3.05) is 43.1 Å². The van der Waals surface area contributed by atoms with Crippen LogP contribution in [0.5, 0.6) is 17.2 Å². The van der Waals surface area contributed by atoms with Gasteiger partial charge in [0.15, 0.2) is 0 Å². The van der Waals surface area contributed by atoms with Crippen LogP contribution in [0.4, 0.5) is 11.4 Å². The lowest BCUT2D eigenvalue weighted by atomic mass is 9.99. The number of hydrogen-bond acceptors (Lipinski definition) is 7. The number of aromatic nitrogens is 2. The molecule has 5 aromatic carbocycles. The standard InChI is InChI=1S/C28H28N2O2.C20H20N2O/c1-20-16-28(30-15-14-23(18-30)22-6-4-3-5-7-22)26-17-25(12-13-27(26)29-20)32-19-21-8-10-24(31-2)11-9-21;1-14-11-20(18-12-17(23)7-8-19(18)21-14)22-10-9-16(13-22)15-5-3-2-4-6-15/h3-13,16-17,23H,14-15,18-19H2,1-2H3;2-8,11-12,16,23H,9-10,13H2,1H3. The third-order valence-electron chi connectivity index (χ3n) is 10.9. The number of phenolic OH excluding ortho intramolecular Hbond substituents is 1. The van der Waals surface area contributed by atoms with E-state index in [0.717, 1.165) is 82.9 Å². The Labute approximate surface area is 323 Å². The molecule has 0 aliphatic carbocycles. The van der Waals surface area contributed by atoms with E-state index in [1.54, 1.807) is 13.2 Å². The van der Waals surface area contributed by atoms with Crippen LogP contribution in [0.3, 0.4) is 0 Å². The predicted octanol–water partition coefficient (Wildman–Crippen LogP) is 10.4. The Morgan fingerprint density at radius 3 is 1.65 bits per heavy atom. The van der Waals surface area contributed by atoms with E-state index >= 15 is 0 Å². The maximum Gasteiger partial charge on any atom is 0.120 e. The number of phenols is 1. The van der Waals surface area contributed by atoms with Gasteiger partial charge in [-0.05, 0) is 104 Å². The van der Waals surface area contributed by atoms with Crippen LogP contribution in [0, 0.1) is 13.8 Å². The van der Waals surface area contributed by atoms with Crippen LogP contribution >= 0.6 is 0 Å². The Hall–Kier alpha value is -6.08. The molecule has 2 saturated heterocycles. The van der Waals surface area contributed by atoms with Crippen LogP contribution in [-0.4, -0.2) is 48.4 Å². The highest BCUT2D eigenvalue weighted by Crippen LogP contribution is 2.37. The molecule has 0 amide bonds. The lowest BCUT2D eigenvalue weighted by Gasteiger charge is -2.22. The molecular weight excluding hydrogens is 681 g/mol. The molecule has 2 unspecified atom stereocenters. The molecule has 7 nitrogen and oxygen atoms in total. The molecule has 7 heteroatoms. The van der Waals surface area contributed by atoms with Crippen molar-refractivity contribution in [1.82, 2.24) is 9.97 Å². The number of pyridine rings is 2. The molecule has 2 fully saturated rings. The van der Waals surface area contributed by atoms with E-state index in [-0.39, 0.29) is 0 Å². The molecule has 2 aromatic heterocycles. The second-order valence-electron chi connectivity index (χ2n) is 14.8. The van der Waals surface area contributed by atoms with Crippen molar-refractivity contribution in [3.63, 3.8) is 0 Å². The fourth-order valence-electron chi connectivity index (χ4n) is 8.09. The summed E-state index contributed by atoms with van der Waals surface area (Å²) >= 11 is 0. The first kappa shape index (κ1) is 35.9. The topological polar surface area (TPSA) is 71.0 Å². The number of ether oxygens (including phenoxy) is 2. The van der Waals surface area contributed by atoms with Gasteiger partial charge in [0.25, 0.3) is 0 Å². The highest BCUT2D eigenvalue weighted by molar-refractivity contribution is 5.94. The monoisotopic (exact) mass is 728 g/mol. The molecule has 278 valence electrons. The summed E-state index contributed by atoms with van der Waals surface area (Å²) in [6.07, 6.45) is 2.33. The zero-order valence-corrected chi connectivity index (χ0v) is 31.9. The van der Waals surface area contributed by atoms with Gasteiger partial charge in [0, 0.05) is 71.5 Å². The third kappa shape index (κ3) is 8.21. The molecular formula is C48H48N4O3. The first-order valence-electron chi connectivity index (χ1n) is 19.3. The van der Waals surface area contributed by atoms with E-state index in [1.165, 1.54) is 28.9 Å². The zero-order chi connectivity index (χ0) is 37.7. The summed E-state index contributed by atoms with van der Waals surface area (Å²) in [6.45, 7) is 8.74. The molecule has 9 rings (SSSR count). The minimum Gasteiger partial charge on any atom is -0.508 e. The second kappa shape index (κ2) is 16.1. The van der Waals surface area contributed by atoms with E-state index in [4.69, 9.17) is 14.5 Å². The SMILES string of the molecule is COc1ccc(COc2ccc3nc(C)cc(N4CCC(c5ccccc5)C4)c3c2)cc1.Cc1cc(N2CCC(c3ccccc3)C2)c2cc(O)ccc2n1. The van der Waals surface area contributed by atoms with E-state index < -0.39 is 0 Å². The van der Waals surface area contributed by atoms with Crippen LogP contribution in [0.15, 0.2) is 133 Å². The number of aryl methyl sites for hydroxylation is 2. The minimum atomic E-state index is 0.295. The maximum absolute atomic E-state index is 9.85. The van der Waals surface area contributed by atoms with Crippen molar-refractivity contribution in [3.8, 4) is 17.2 Å². The van der Waals surface area contributed by atoms with Gasteiger partial charge >= 0.3 is 0 Å². The molecule has 0 radical (unpaired) electrons. The minimum absolute atomic E-state index is 0.295. The Morgan fingerprint density at radius 2 is 1.11 bits per heavy atom. The second-order valence-corrected chi connectivity index (χ2v) is 14.8. The zero-order valence-electron chi connectivity index (χ0n) is 31.9. The number of benzene rings is 5. The van der Waals surface area contributed by atoms with Gasteiger partial charge in [-0.25, -0.2) is 0 Å². The fraction of sp³-hybridized carbons (Fsp3) is 0.250. The van der Waals surface area contributed by atoms with E-state index in [2.05, 4.69) is 107 Å². The van der Waals surface area contributed by atoms with Crippen molar-refractivity contribution in [2.45, 2.75) is 45.1 Å². The Bertz CT molecular complexity index is 2380. The average molecular weight is 729 g/mol. The van der Waals surface area contributed by atoms with Crippen LogP contribution in [0.1, 0.15) is 52.8 Å². The van der Waals surface area contributed by atoms with Crippen LogP contribution in [0.25, 0.3) is 21.8 Å². The average Bonchev–Trinajstić information content (AvgIpc) is 3.92. The summed E-state index contributed by atoms with van der Waals surface area (Å²) in [7, 11) is 1.68. The van der Waals surface area contributed by atoms with Gasteiger partial charge in [0.1, 0.15) is 23.9 Å². The summed E-state index contributed by atoms with van der Waals surface area (Å²) in [5.41, 5.74) is 10.4. The lowest BCUT2D eigenvalue weighted by molar-refractivity contribution is 0.306. The van der Waals surface area contributed by atoms with E-state index in [9.17, 15) is 5.11 Å². The molecule has 55 heavy (non-hydrogen) atoms. The quantitative estimate of drug-likeness (QED) is 0.167. The molecule has 7 aromatic rings. The van der Waals surface area contributed by atoms with Gasteiger partial charge in [0.05, 0.1) is 18.1 Å². The number of aromatic hydroxyl groups is 1. The maximum atomic E-state index is 9.85. The first-order chi connectivity index (χ1) is 26.9. The van der Waals surface area contributed by atoms with Crippen LogP contribution in [-0.2, 0) is 6.61 Å². The lowest BCUT2D eigenvalue weighted by Crippen LogP contribution is -2.20. The number of nitrogens with zero attached hydrogens (tertiary/aromatic N) is 4. The molecule has 4 heterocycles. The molecule has 2 atom stereocenters. The number of anilines is 2. The third-order valence-corrected chi connectivity index (χ3v) is 10.9. The van der Waals surface area contributed by atoms with Crippen molar-refractivity contribution >= 4 is 33.2 Å². The van der Waals surface area contributed by atoms with Crippen LogP contribution < -0.4 is 19.3 Å². The first-order valence-corrected chi connectivity index (χ1v) is 19.3. The Morgan fingerprint density at radius 1 is 0.600 bits per heavy atom. The van der Waals surface area contributed by atoms with Gasteiger partial charge in [-0.15, -0.1) is 0 Å². The number of rotatable bonds is 8. The van der Waals surface area contributed by atoms with Gasteiger partial charge in [-0.3, -0.25) is 9.97 Å². The molecule has 2 aliphatic heterocycles. The molecule has 0 saturated carbocycles. The van der Waals surface area contributed by atoms with Gasteiger partial charge in [0.2, 0.25) is 0 Å². The smallest absolute Gasteiger partial charge is 0.120 e. The summed E-state index contributed by atoms with van der Waals surface area (Å²) in [6, 6.07) is 45.5. The van der Waals surface area contributed by atoms with E-state index in [0.29, 0.717) is 24.2 Å². The molecule has 1 N–H and O–H groups in total. The Kier molecular flexibility index (Phi) is 10.5. The summed E-state index contributed by atoms with van der Waals surface area (Å²) < 4.78 is 11.4. The number of hydrogen-bond donors (Lipinski definition) is 1. The van der Waals surface area contributed by atoms with Crippen molar-refractivity contribution < 1.29 is 14.6 Å². The van der Waals surface area contributed by atoms with Gasteiger partial charge in [-0.1, -0.05) is 72.8 Å². The number of fused-ring (bicyclic) bond motifs is 2.